The van der Waals surface area contributed by atoms with Crippen molar-refractivity contribution in [3.8, 4) is 0 Å². The SMILES string of the molecule is COC(=O)/C=C\C[C@H](O)[C@H](O)[C@H](O)c1ccccc1. The molecule has 0 aliphatic heterocycles. The van der Waals surface area contributed by atoms with E-state index in [1.807, 2.05) is 0 Å². The molecule has 0 amide bonds. The maximum absolute atomic E-state index is 10.8. The molecule has 0 fully saturated rings. The van der Waals surface area contributed by atoms with E-state index in [0.29, 0.717) is 5.56 Å². The molecule has 0 aromatic heterocycles. The summed E-state index contributed by atoms with van der Waals surface area (Å²) in [6.07, 6.45) is -1.09. The van der Waals surface area contributed by atoms with Crippen LogP contribution in [-0.2, 0) is 9.53 Å². The number of aliphatic hydroxyl groups excluding tert-OH is 3. The highest BCUT2D eigenvalue weighted by molar-refractivity contribution is 5.81. The smallest absolute Gasteiger partial charge is 0.330 e. The number of rotatable bonds is 6. The number of hydrogen-bond acceptors (Lipinski definition) is 5. The topological polar surface area (TPSA) is 87.0 Å². The number of carbonyl (C=O) groups is 1. The summed E-state index contributed by atoms with van der Waals surface area (Å²) in [7, 11) is 1.25. The van der Waals surface area contributed by atoms with Gasteiger partial charge in [-0.3, -0.25) is 0 Å². The molecule has 0 saturated carbocycles. The highest BCUT2D eigenvalue weighted by Gasteiger charge is 2.24. The van der Waals surface area contributed by atoms with E-state index in [-0.39, 0.29) is 6.42 Å². The summed E-state index contributed by atoms with van der Waals surface area (Å²) in [6, 6.07) is 8.57. The molecule has 0 unspecified atom stereocenters. The Kier molecular flexibility index (Phi) is 6.21. The predicted octanol–water partition coefficient (Wildman–Crippen LogP) is 0.561. The van der Waals surface area contributed by atoms with Crippen LogP contribution < -0.4 is 0 Å². The molecule has 0 saturated heterocycles. The van der Waals surface area contributed by atoms with E-state index in [1.54, 1.807) is 30.3 Å². The lowest BCUT2D eigenvalue weighted by Gasteiger charge is -2.22. The molecule has 1 aromatic carbocycles. The average Bonchev–Trinajstić information content (AvgIpc) is 2.46. The molecule has 0 spiro atoms. The lowest BCUT2D eigenvalue weighted by molar-refractivity contribution is -0.134. The van der Waals surface area contributed by atoms with Crippen molar-refractivity contribution >= 4 is 5.97 Å². The minimum atomic E-state index is -1.33. The Morgan fingerprint density at radius 1 is 1.26 bits per heavy atom. The molecule has 0 aliphatic rings. The molecule has 1 rings (SSSR count). The van der Waals surface area contributed by atoms with Gasteiger partial charge < -0.3 is 20.1 Å². The van der Waals surface area contributed by atoms with Crippen molar-refractivity contribution in [1.29, 1.82) is 0 Å². The summed E-state index contributed by atoms with van der Waals surface area (Å²) in [5, 5.41) is 29.4. The van der Waals surface area contributed by atoms with Crippen LogP contribution in [0.3, 0.4) is 0 Å². The Balaban J connectivity index is 2.55. The maximum atomic E-state index is 10.8. The highest BCUT2D eigenvalue weighted by Crippen LogP contribution is 2.20. The zero-order valence-corrected chi connectivity index (χ0v) is 10.6. The van der Waals surface area contributed by atoms with Crippen LogP contribution >= 0.6 is 0 Å². The first-order valence-corrected chi connectivity index (χ1v) is 5.90. The lowest BCUT2D eigenvalue weighted by atomic mass is 9.99. The van der Waals surface area contributed by atoms with Crippen LogP contribution in [0.5, 0.6) is 0 Å². The van der Waals surface area contributed by atoms with Gasteiger partial charge in [-0.1, -0.05) is 36.4 Å². The fraction of sp³-hybridized carbons (Fsp3) is 0.357. The number of aliphatic hydroxyl groups is 3. The van der Waals surface area contributed by atoms with Crippen LogP contribution in [0.15, 0.2) is 42.5 Å². The molecule has 104 valence electrons. The van der Waals surface area contributed by atoms with Gasteiger partial charge in [0.1, 0.15) is 12.2 Å². The first kappa shape index (κ1) is 15.4. The second-order valence-electron chi connectivity index (χ2n) is 4.07. The van der Waals surface area contributed by atoms with Gasteiger partial charge in [0.2, 0.25) is 0 Å². The van der Waals surface area contributed by atoms with Gasteiger partial charge in [0.05, 0.1) is 13.2 Å². The van der Waals surface area contributed by atoms with Gasteiger partial charge in [0, 0.05) is 6.08 Å². The van der Waals surface area contributed by atoms with Gasteiger partial charge >= 0.3 is 5.97 Å². The van der Waals surface area contributed by atoms with Gasteiger partial charge in [0.25, 0.3) is 0 Å². The van der Waals surface area contributed by atoms with Gasteiger partial charge in [-0.25, -0.2) is 4.79 Å². The van der Waals surface area contributed by atoms with E-state index in [2.05, 4.69) is 4.74 Å². The van der Waals surface area contributed by atoms with Gasteiger partial charge in [-0.2, -0.15) is 0 Å². The molecule has 5 heteroatoms. The number of benzene rings is 1. The van der Waals surface area contributed by atoms with Gasteiger partial charge in [-0.05, 0) is 12.0 Å². The molecule has 0 radical (unpaired) electrons. The third-order valence-electron chi connectivity index (χ3n) is 2.69. The summed E-state index contributed by atoms with van der Waals surface area (Å²) in [4.78, 5) is 10.8. The number of methoxy groups -OCH3 is 1. The van der Waals surface area contributed by atoms with E-state index in [4.69, 9.17) is 0 Å². The van der Waals surface area contributed by atoms with Crippen molar-refractivity contribution in [2.45, 2.75) is 24.7 Å². The fourth-order valence-electron chi connectivity index (χ4n) is 1.57. The fourth-order valence-corrected chi connectivity index (χ4v) is 1.57. The zero-order chi connectivity index (χ0) is 14.3. The quantitative estimate of drug-likeness (QED) is 0.517. The second-order valence-corrected chi connectivity index (χ2v) is 4.07. The zero-order valence-electron chi connectivity index (χ0n) is 10.6. The molecule has 0 heterocycles. The molecular weight excluding hydrogens is 248 g/mol. The second kappa shape index (κ2) is 7.68. The van der Waals surface area contributed by atoms with Crippen molar-refractivity contribution in [3.05, 3.63) is 48.0 Å². The molecule has 3 atom stereocenters. The number of hydrogen-bond donors (Lipinski definition) is 3. The molecule has 0 bridgehead atoms. The van der Waals surface area contributed by atoms with Crippen molar-refractivity contribution in [3.63, 3.8) is 0 Å². The third kappa shape index (κ3) is 4.82. The number of ether oxygens (including phenoxy) is 1. The number of carbonyl (C=O) groups excluding carboxylic acids is 1. The van der Waals surface area contributed by atoms with E-state index < -0.39 is 24.3 Å². The molecule has 5 nitrogen and oxygen atoms in total. The van der Waals surface area contributed by atoms with E-state index in [9.17, 15) is 20.1 Å². The Labute approximate surface area is 111 Å². The van der Waals surface area contributed by atoms with E-state index in [1.165, 1.54) is 13.2 Å². The molecule has 19 heavy (non-hydrogen) atoms. The normalized spacial score (nSPS) is 16.0. The van der Waals surface area contributed by atoms with Crippen molar-refractivity contribution < 1.29 is 24.9 Å². The van der Waals surface area contributed by atoms with Crippen LogP contribution in [0.2, 0.25) is 0 Å². The van der Waals surface area contributed by atoms with Crippen LogP contribution in [0.4, 0.5) is 0 Å². The molecule has 1 aromatic rings. The first-order chi connectivity index (χ1) is 9.06. The Hall–Kier alpha value is -1.69. The first-order valence-electron chi connectivity index (χ1n) is 5.90. The Bertz CT molecular complexity index is 415. The summed E-state index contributed by atoms with van der Waals surface area (Å²) in [6.45, 7) is 0. The monoisotopic (exact) mass is 266 g/mol. The summed E-state index contributed by atoms with van der Waals surface area (Å²) in [5.41, 5.74) is 0.519. The van der Waals surface area contributed by atoms with Crippen molar-refractivity contribution in [2.24, 2.45) is 0 Å². The highest BCUT2D eigenvalue weighted by atomic mass is 16.5. The van der Waals surface area contributed by atoms with Crippen LogP contribution in [-0.4, -0.2) is 40.6 Å². The Morgan fingerprint density at radius 3 is 2.47 bits per heavy atom. The molecule has 3 N–H and O–H groups in total. The van der Waals surface area contributed by atoms with Crippen molar-refractivity contribution in [1.82, 2.24) is 0 Å². The summed E-state index contributed by atoms with van der Waals surface area (Å²) < 4.78 is 4.39. The average molecular weight is 266 g/mol. The molecule has 0 aliphatic carbocycles. The van der Waals surface area contributed by atoms with Crippen LogP contribution in [0, 0.1) is 0 Å². The maximum Gasteiger partial charge on any atom is 0.330 e. The summed E-state index contributed by atoms with van der Waals surface area (Å²) in [5.74, 6) is -0.537. The lowest BCUT2D eigenvalue weighted by Crippen LogP contribution is -2.31. The standard InChI is InChI=1S/C14H18O5/c1-19-12(16)9-5-8-11(15)14(18)13(17)10-6-3-2-4-7-10/h2-7,9,11,13-15,17-18H,8H2,1H3/b9-5-/t11-,13+,14-/m0/s1. The largest absolute Gasteiger partial charge is 0.466 e. The van der Waals surface area contributed by atoms with E-state index in [0.717, 1.165) is 6.08 Å². The van der Waals surface area contributed by atoms with Gasteiger partial charge in [-0.15, -0.1) is 0 Å². The Morgan fingerprint density at radius 2 is 1.89 bits per heavy atom. The minimum Gasteiger partial charge on any atom is -0.466 e. The van der Waals surface area contributed by atoms with Gasteiger partial charge in [0.15, 0.2) is 0 Å². The van der Waals surface area contributed by atoms with Crippen LogP contribution in [0.1, 0.15) is 18.1 Å². The third-order valence-corrected chi connectivity index (χ3v) is 2.69. The van der Waals surface area contributed by atoms with E-state index >= 15 is 0 Å². The predicted molar refractivity (Wildman–Crippen MR) is 69.2 cm³/mol. The van der Waals surface area contributed by atoms with Crippen molar-refractivity contribution in [2.75, 3.05) is 7.11 Å². The summed E-state index contributed by atoms with van der Waals surface area (Å²) >= 11 is 0. The minimum absolute atomic E-state index is 0.0418. The molecular formula is C14H18O5. The van der Waals surface area contributed by atoms with Crippen LogP contribution in [0.25, 0.3) is 0 Å². The number of esters is 1.